The zero-order valence-corrected chi connectivity index (χ0v) is 17.4. The third-order valence-corrected chi connectivity index (χ3v) is 4.70. The maximum absolute atomic E-state index is 10.6. The van der Waals surface area contributed by atoms with E-state index in [2.05, 4.69) is 32.7 Å². The fourth-order valence-corrected chi connectivity index (χ4v) is 2.91. The summed E-state index contributed by atoms with van der Waals surface area (Å²) in [5.74, 6) is 0.236. The van der Waals surface area contributed by atoms with Crippen molar-refractivity contribution < 1.29 is 24.2 Å². The van der Waals surface area contributed by atoms with Gasteiger partial charge in [0.1, 0.15) is 11.8 Å². The molecule has 0 fully saturated rings. The van der Waals surface area contributed by atoms with Crippen molar-refractivity contribution in [1.82, 2.24) is 19.5 Å². The van der Waals surface area contributed by atoms with Crippen LogP contribution in [0.1, 0.15) is 18.9 Å². The number of aryl methyl sites for hydroxylation is 1. The number of aliphatic hydroxyl groups is 1. The molecule has 5 N–H and O–H groups in total. The van der Waals surface area contributed by atoms with E-state index in [0.717, 1.165) is 11.4 Å². The van der Waals surface area contributed by atoms with E-state index in [1.165, 1.54) is 24.6 Å². The monoisotopic (exact) mass is 443 g/mol. The lowest BCUT2D eigenvalue weighted by Gasteiger charge is -2.13. The summed E-state index contributed by atoms with van der Waals surface area (Å²) in [4.78, 5) is 29.0. The summed E-state index contributed by atoms with van der Waals surface area (Å²) in [6.07, 6.45) is 5.03. The molecule has 0 radical (unpaired) electrons. The third-order valence-electron chi connectivity index (χ3n) is 3.74. The number of halogens is 1. The summed E-state index contributed by atoms with van der Waals surface area (Å²) in [6, 6.07) is 5.89. The molecule has 3 rings (SSSR count). The molecule has 1 unspecified atom stereocenters. The van der Waals surface area contributed by atoms with E-state index in [1.54, 1.807) is 4.57 Å². The van der Waals surface area contributed by atoms with Crippen LogP contribution in [-0.4, -0.2) is 47.1 Å². The molecule has 0 bridgehead atoms. The highest BCUT2D eigenvalue weighted by Crippen LogP contribution is 2.39. The van der Waals surface area contributed by atoms with Crippen LogP contribution in [0.25, 0.3) is 11.2 Å². The largest absolute Gasteiger partial charge is 0.382 e. The van der Waals surface area contributed by atoms with Crippen LogP contribution >= 0.6 is 19.2 Å². The normalized spacial score (nSPS) is 12.4. The van der Waals surface area contributed by atoms with Crippen LogP contribution in [0.4, 0.5) is 5.82 Å². The number of nitrogens with two attached hydrogens (primary N) is 1. The van der Waals surface area contributed by atoms with E-state index in [1.807, 2.05) is 18.2 Å². The standard InChI is InChI=1S/C9H11Cl.C8H12N5O5P/c1-2-4-8-5-3-6-9(10)7-8;9-6-5-7(11-3-10-6)13(4-12-5)1-2-18-8(14)19(15,16)17/h3,5-7H,2,4H2,1H3;3-4,8,14H,1-2H2,(H2,9,10,11)(H2,15,16,17). The molecule has 1 aromatic carbocycles. The summed E-state index contributed by atoms with van der Waals surface area (Å²) in [5.41, 5.74) is 7.83. The van der Waals surface area contributed by atoms with E-state index < -0.39 is 13.6 Å². The van der Waals surface area contributed by atoms with Crippen molar-refractivity contribution in [2.24, 2.45) is 0 Å². The molecular formula is C17H23ClN5O5P. The van der Waals surface area contributed by atoms with E-state index in [9.17, 15) is 4.57 Å². The van der Waals surface area contributed by atoms with Gasteiger partial charge in [0.25, 0.3) is 6.03 Å². The number of benzene rings is 1. The first kappa shape index (κ1) is 23.2. The fraction of sp³-hybridized carbons (Fsp3) is 0.353. The number of hydrogen-bond acceptors (Lipinski definition) is 7. The van der Waals surface area contributed by atoms with Gasteiger partial charge < -0.3 is 29.9 Å². The molecule has 1 atom stereocenters. The van der Waals surface area contributed by atoms with E-state index in [0.29, 0.717) is 11.2 Å². The number of aliphatic hydroxyl groups excluding tert-OH is 1. The number of fused-ring (bicyclic) bond motifs is 1. The minimum Gasteiger partial charge on any atom is -0.382 e. The maximum atomic E-state index is 10.6. The Hall–Kier alpha value is -2.07. The van der Waals surface area contributed by atoms with Gasteiger partial charge in [0.15, 0.2) is 11.5 Å². The van der Waals surface area contributed by atoms with Crippen molar-refractivity contribution in [1.29, 1.82) is 0 Å². The van der Waals surface area contributed by atoms with Crippen LogP contribution in [0.15, 0.2) is 36.9 Å². The van der Waals surface area contributed by atoms with Gasteiger partial charge in [-0.1, -0.05) is 37.1 Å². The molecule has 29 heavy (non-hydrogen) atoms. The number of imidazole rings is 1. The van der Waals surface area contributed by atoms with Crippen molar-refractivity contribution in [3.63, 3.8) is 0 Å². The minimum atomic E-state index is -4.66. The van der Waals surface area contributed by atoms with Crippen molar-refractivity contribution in [2.45, 2.75) is 32.3 Å². The first-order valence-electron chi connectivity index (χ1n) is 8.73. The molecule has 2 heterocycles. The lowest BCUT2D eigenvalue weighted by Crippen LogP contribution is -2.16. The van der Waals surface area contributed by atoms with E-state index in [-0.39, 0.29) is 19.0 Å². The Morgan fingerprint density at radius 3 is 2.72 bits per heavy atom. The van der Waals surface area contributed by atoms with Gasteiger partial charge in [0, 0.05) is 11.6 Å². The summed E-state index contributed by atoms with van der Waals surface area (Å²) in [7, 11) is -4.66. The molecule has 0 saturated carbocycles. The summed E-state index contributed by atoms with van der Waals surface area (Å²) < 4.78 is 16.8. The number of nitrogens with zero attached hydrogens (tertiary/aromatic N) is 4. The van der Waals surface area contributed by atoms with Gasteiger partial charge in [-0.2, -0.15) is 0 Å². The second-order valence-electron chi connectivity index (χ2n) is 6.04. The number of anilines is 1. The zero-order valence-electron chi connectivity index (χ0n) is 15.7. The lowest BCUT2D eigenvalue weighted by atomic mass is 10.1. The van der Waals surface area contributed by atoms with Crippen LogP contribution in [0.2, 0.25) is 5.02 Å². The predicted octanol–water partition coefficient (Wildman–Crippen LogP) is 2.17. The number of hydrogen-bond donors (Lipinski definition) is 4. The smallest absolute Gasteiger partial charge is 0.381 e. The van der Waals surface area contributed by atoms with Gasteiger partial charge in [-0.3, -0.25) is 4.57 Å². The Morgan fingerprint density at radius 1 is 1.31 bits per heavy atom. The molecule has 12 heteroatoms. The van der Waals surface area contributed by atoms with Crippen LogP contribution in [0.5, 0.6) is 0 Å². The number of ether oxygens (including phenoxy) is 1. The Morgan fingerprint density at radius 2 is 2.07 bits per heavy atom. The fourth-order valence-electron chi connectivity index (χ4n) is 2.40. The van der Waals surface area contributed by atoms with Crippen LogP contribution < -0.4 is 5.73 Å². The van der Waals surface area contributed by atoms with Crippen LogP contribution in [0, 0.1) is 0 Å². The Kier molecular flexibility index (Phi) is 8.51. The number of nitrogen functional groups attached to an aromatic ring is 1. The van der Waals surface area contributed by atoms with Crippen molar-refractivity contribution in [3.05, 3.63) is 47.5 Å². The molecular weight excluding hydrogens is 421 g/mol. The van der Waals surface area contributed by atoms with E-state index >= 15 is 0 Å². The van der Waals surface area contributed by atoms with Gasteiger partial charge >= 0.3 is 7.60 Å². The Labute approximate surface area is 172 Å². The molecule has 158 valence electrons. The average Bonchev–Trinajstić information content (AvgIpc) is 3.06. The summed E-state index contributed by atoms with van der Waals surface area (Å²) in [6.45, 7) is 2.24. The predicted molar refractivity (Wildman–Crippen MR) is 109 cm³/mol. The molecule has 0 aliphatic heterocycles. The van der Waals surface area contributed by atoms with Crippen LogP contribution in [-0.2, 0) is 22.3 Å². The maximum Gasteiger partial charge on any atom is 0.381 e. The van der Waals surface area contributed by atoms with Crippen LogP contribution in [0.3, 0.4) is 0 Å². The Balaban J connectivity index is 0.000000253. The summed E-state index contributed by atoms with van der Waals surface area (Å²) in [5, 5.41) is 9.85. The van der Waals surface area contributed by atoms with Gasteiger partial charge in [-0.05, 0) is 24.1 Å². The lowest BCUT2D eigenvalue weighted by molar-refractivity contribution is -0.0572. The second-order valence-corrected chi connectivity index (χ2v) is 8.09. The van der Waals surface area contributed by atoms with Gasteiger partial charge in [-0.25, -0.2) is 15.0 Å². The molecule has 0 spiro atoms. The molecule has 0 aliphatic carbocycles. The molecule has 0 aliphatic rings. The SMILES string of the molecule is CCCc1cccc(Cl)c1.Nc1ncnc2c1ncn2CCOC(O)P(=O)(O)O. The number of rotatable bonds is 7. The second kappa shape index (κ2) is 10.6. The zero-order chi connectivity index (χ0) is 21.4. The van der Waals surface area contributed by atoms with Crippen molar-refractivity contribution in [2.75, 3.05) is 12.3 Å². The molecule has 2 aromatic heterocycles. The van der Waals surface area contributed by atoms with Crippen molar-refractivity contribution in [3.8, 4) is 0 Å². The average molecular weight is 444 g/mol. The van der Waals surface area contributed by atoms with Gasteiger partial charge in [0.05, 0.1) is 12.9 Å². The first-order valence-corrected chi connectivity index (χ1v) is 10.8. The van der Waals surface area contributed by atoms with E-state index in [4.69, 9.17) is 32.2 Å². The highest BCUT2D eigenvalue weighted by atomic mass is 35.5. The topological polar surface area (TPSA) is 157 Å². The quantitative estimate of drug-likeness (QED) is 0.317. The van der Waals surface area contributed by atoms with Gasteiger partial charge in [-0.15, -0.1) is 0 Å². The third kappa shape index (κ3) is 7.04. The minimum absolute atomic E-state index is 0.123. The molecule has 10 nitrogen and oxygen atoms in total. The Bertz CT molecular complexity index is 980. The van der Waals surface area contributed by atoms with Crippen molar-refractivity contribution >= 4 is 36.2 Å². The summed E-state index contributed by atoms with van der Waals surface area (Å²) >= 11 is 5.78. The highest BCUT2D eigenvalue weighted by Gasteiger charge is 2.26. The molecule has 0 amide bonds. The first-order chi connectivity index (χ1) is 13.7. The molecule has 0 saturated heterocycles. The molecule has 3 aromatic rings. The highest BCUT2D eigenvalue weighted by molar-refractivity contribution is 7.52. The number of aromatic nitrogens is 4. The van der Waals surface area contributed by atoms with Gasteiger partial charge in [0.2, 0.25) is 0 Å².